The number of rotatable bonds is 7. The Balaban J connectivity index is 1.88. The molecule has 0 saturated heterocycles. The van der Waals surface area contributed by atoms with Crippen LogP contribution in [0.2, 0.25) is 0 Å². The van der Waals surface area contributed by atoms with Gasteiger partial charge in [-0.15, -0.1) is 0 Å². The normalized spacial score (nSPS) is 17.8. The van der Waals surface area contributed by atoms with E-state index in [0.717, 1.165) is 5.57 Å². The minimum absolute atomic E-state index is 0.171. The molecular formula is C28H35NO2. The Labute approximate surface area is 187 Å². The molecule has 0 saturated carbocycles. The van der Waals surface area contributed by atoms with Gasteiger partial charge in [0.1, 0.15) is 5.75 Å². The molecule has 1 aliphatic rings. The highest BCUT2D eigenvalue weighted by molar-refractivity contribution is 5.99. The maximum Gasteiger partial charge on any atom is 0.248 e. The van der Waals surface area contributed by atoms with Gasteiger partial charge in [0.25, 0.3) is 0 Å². The largest absolute Gasteiger partial charge is 0.508 e. The number of benzene rings is 1. The number of allylic oxidation sites excluding steroid dienone is 11. The van der Waals surface area contributed by atoms with E-state index in [1.54, 1.807) is 18.2 Å². The summed E-state index contributed by atoms with van der Waals surface area (Å²) in [5.41, 5.74) is 5.94. The van der Waals surface area contributed by atoms with E-state index >= 15 is 0 Å². The summed E-state index contributed by atoms with van der Waals surface area (Å²) in [6, 6.07) is 6.39. The zero-order valence-corrected chi connectivity index (χ0v) is 19.4. The molecule has 0 aliphatic heterocycles. The predicted octanol–water partition coefficient (Wildman–Crippen LogP) is 7.42. The Bertz CT molecular complexity index is 951. The van der Waals surface area contributed by atoms with Gasteiger partial charge >= 0.3 is 0 Å². The molecule has 0 aromatic heterocycles. The first-order chi connectivity index (χ1) is 14.7. The van der Waals surface area contributed by atoms with Gasteiger partial charge in [-0.25, -0.2) is 0 Å². The van der Waals surface area contributed by atoms with E-state index in [0.29, 0.717) is 5.69 Å². The van der Waals surface area contributed by atoms with Crippen LogP contribution in [0.3, 0.4) is 0 Å². The molecule has 164 valence electrons. The molecule has 0 atom stereocenters. The van der Waals surface area contributed by atoms with Gasteiger partial charge in [0.2, 0.25) is 5.91 Å². The van der Waals surface area contributed by atoms with Gasteiger partial charge in [0.05, 0.1) is 0 Å². The van der Waals surface area contributed by atoms with Crippen molar-refractivity contribution >= 4 is 11.6 Å². The van der Waals surface area contributed by atoms with Crippen molar-refractivity contribution in [2.45, 2.75) is 53.9 Å². The fraction of sp³-hybridized carbons (Fsp3) is 0.321. The highest BCUT2D eigenvalue weighted by Crippen LogP contribution is 2.40. The van der Waals surface area contributed by atoms with Crippen molar-refractivity contribution in [3.05, 3.63) is 95.2 Å². The third-order valence-corrected chi connectivity index (χ3v) is 5.49. The molecule has 2 N–H and O–H groups in total. The average Bonchev–Trinajstić information content (AvgIpc) is 2.68. The zero-order valence-electron chi connectivity index (χ0n) is 19.4. The smallest absolute Gasteiger partial charge is 0.248 e. The molecule has 1 amide bonds. The topological polar surface area (TPSA) is 49.3 Å². The summed E-state index contributed by atoms with van der Waals surface area (Å²) in [6.45, 7) is 10.9. The van der Waals surface area contributed by atoms with Gasteiger partial charge in [-0.1, -0.05) is 67.5 Å². The van der Waals surface area contributed by atoms with E-state index < -0.39 is 0 Å². The lowest BCUT2D eigenvalue weighted by atomic mass is 9.72. The van der Waals surface area contributed by atoms with E-state index in [2.05, 4.69) is 51.2 Å². The molecule has 31 heavy (non-hydrogen) atoms. The number of phenolic OH excluding ortho intramolecular Hbond substituents is 1. The Morgan fingerprint density at radius 1 is 1.03 bits per heavy atom. The minimum Gasteiger partial charge on any atom is -0.508 e. The molecule has 0 heterocycles. The number of anilines is 1. The fourth-order valence-electron chi connectivity index (χ4n) is 3.74. The van der Waals surface area contributed by atoms with Crippen LogP contribution in [0.4, 0.5) is 5.69 Å². The van der Waals surface area contributed by atoms with Gasteiger partial charge in [-0.05, 0) is 80.9 Å². The molecule has 1 aromatic rings. The van der Waals surface area contributed by atoms with Crippen molar-refractivity contribution in [3.63, 3.8) is 0 Å². The number of hydrogen-bond acceptors (Lipinski definition) is 2. The average molecular weight is 418 g/mol. The van der Waals surface area contributed by atoms with Crippen molar-refractivity contribution in [1.29, 1.82) is 0 Å². The second kappa shape index (κ2) is 11.4. The van der Waals surface area contributed by atoms with E-state index in [1.165, 1.54) is 48.1 Å². The first-order valence-corrected chi connectivity index (χ1v) is 10.9. The van der Waals surface area contributed by atoms with Gasteiger partial charge in [0, 0.05) is 11.8 Å². The van der Waals surface area contributed by atoms with E-state index in [1.807, 2.05) is 31.2 Å². The van der Waals surface area contributed by atoms with Crippen molar-refractivity contribution < 1.29 is 9.90 Å². The summed E-state index contributed by atoms with van der Waals surface area (Å²) < 4.78 is 0. The number of nitrogens with one attached hydrogen (secondary N) is 1. The molecule has 3 nitrogen and oxygen atoms in total. The summed E-state index contributed by atoms with van der Waals surface area (Å²) in [7, 11) is 0. The van der Waals surface area contributed by atoms with Crippen LogP contribution >= 0.6 is 0 Å². The highest BCUT2D eigenvalue weighted by Gasteiger charge is 2.26. The third kappa shape index (κ3) is 8.29. The number of carbonyl (C=O) groups is 1. The summed E-state index contributed by atoms with van der Waals surface area (Å²) >= 11 is 0. The number of aromatic hydroxyl groups is 1. The molecule has 0 radical (unpaired) electrons. The van der Waals surface area contributed by atoms with Crippen LogP contribution in [-0.4, -0.2) is 11.0 Å². The van der Waals surface area contributed by atoms with E-state index in [-0.39, 0.29) is 17.1 Å². The van der Waals surface area contributed by atoms with E-state index in [4.69, 9.17) is 0 Å². The predicted molar refractivity (Wildman–Crippen MR) is 132 cm³/mol. The Kier molecular flexibility index (Phi) is 8.87. The van der Waals surface area contributed by atoms with Crippen LogP contribution in [0.15, 0.2) is 95.2 Å². The molecule has 2 rings (SSSR count). The molecule has 1 aromatic carbocycles. The standard InChI is InChI=1S/C28H35NO2/c1-21(13-18-26-23(3)12-9-19-28(26,4)5)10-7-6-8-11-22(2)20-27(31)29-24-14-16-25(30)17-15-24/h6-8,10-11,13-18,20,30H,9,12,19H2,1-5H3,(H,29,31)/b7-6+,11-8+,18-13+,21-10+,22-20+. The molecule has 0 fully saturated rings. The highest BCUT2D eigenvalue weighted by atomic mass is 16.3. The molecular weight excluding hydrogens is 382 g/mol. The maximum absolute atomic E-state index is 12.0. The summed E-state index contributed by atoms with van der Waals surface area (Å²) in [6.07, 6.45) is 19.6. The first kappa shape index (κ1) is 24.2. The summed E-state index contributed by atoms with van der Waals surface area (Å²) in [5.74, 6) is -0.0304. The lowest BCUT2D eigenvalue weighted by Gasteiger charge is -2.32. The number of carbonyl (C=O) groups excluding carboxylic acids is 1. The van der Waals surface area contributed by atoms with Crippen LogP contribution in [0.25, 0.3) is 0 Å². The van der Waals surface area contributed by atoms with Gasteiger partial charge in [-0.2, -0.15) is 0 Å². The van der Waals surface area contributed by atoms with Crippen LogP contribution in [0, 0.1) is 5.41 Å². The van der Waals surface area contributed by atoms with Crippen LogP contribution in [0.5, 0.6) is 5.75 Å². The van der Waals surface area contributed by atoms with Crippen molar-refractivity contribution in [2.75, 3.05) is 5.32 Å². The number of hydrogen-bond donors (Lipinski definition) is 2. The molecule has 0 spiro atoms. The molecule has 0 bridgehead atoms. The van der Waals surface area contributed by atoms with Crippen LogP contribution in [-0.2, 0) is 4.79 Å². The third-order valence-electron chi connectivity index (χ3n) is 5.49. The maximum atomic E-state index is 12.0. The lowest BCUT2D eigenvalue weighted by molar-refractivity contribution is -0.111. The van der Waals surface area contributed by atoms with Gasteiger partial charge in [0.15, 0.2) is 0 Å². The first-order valence-electron chi connectivity index (χ1n) is 10.9. The summed E-state index contributed by atoms with van der Waals surface area (Å²) in [4.78, 5) is 12.0. The number of amides is 1. The number of phenols is 1. The summed E-state index contributed by atoms with van der Waals surface area (Å²) in [5, 5.41) is 12.0. The van der Waals surface area contributed by atoms with E-state index in [9.17, 15) is 9.90 Å². The van der Waals surface area contributed by atoms with Gasteiger partial charge < -0.3 is 10.4 Å². The monoisotopic (exact) mass is 417 g/mol. The SMILES string of the molecule is CC1=C(/C=C/C(C)=C/C=C/C=C/C(C)=C/C(=O)Nc2ccc(O)cc2)C(C)(C)CCC1. The quantitative estimate of drug-likeness (QED) is 0.275. The fourth-order valence-corrected chi connectivity index (χ4v) is 3.74. The molecule has 1 aliphatic carbocycles. The molecule has 3 heteroatoms. The van der Waals surface area contributed by atoms with Crippen molar-refractivity contribution in [1.82, 2.24) is 0 Å². The minimum atomic E-state index is -0.201. The van der Waals surface area contributed by atoms with Gasteiger partial charge in [-0.3, -0.25) is 4.79 Å². The second-order valence-corrected chi connectivity index (χ2v) is 8.84. The Hall–Kier alpha value is -3.07. The van der Waals surface area contributed by atoms with Crippen LogP contribution < -0.4 is 5.32 Å². The Morgan fingerprint density at radius 2 is 1.74 bits per heavy atom. The van der Waals surface area contributed by atoms with Crippen LogP contribution in [0.1, 0.15) is 53.9 Å². The zero-order chi connectivity index (χ0) is 22.9. The van der Waals surface area contributed by atoms with Crippen molar-refractivity contribution in [3.8, 4) is 5.75 Å². The lowest BCUT2D eigenvalue weighted by Crippen LogP contribution is -2.19. The molecule has 0 unspecified atom stereocenters. The second-order valence-electron chi connectivity index (χ2n) is 8.84. The Morgan fingerprint density at radius 3 is 2.42 bits per heavy atom. The van der Waals surface area contributed by atoms with Crippen molar-refractivity contribution in [2.24, 2.45) is 5.41 Å².